The molecule has 1 heterocycles. The summed E-state index contributed by atoms with van der Waals surface area (Å²) in [5.74, 6) is 1.27. The van der Waals surface area contributed by atoms with Crippen LogP contribution in [0.2, 0.25) is 0 Å². The van der Waals surface area contributed by atoms with E-state index in [1.165, 1.54) is 6.20 Å². The van der Waals surface area contributed by atoms with Gasteiger partial charge >= 0.3 is 6.09 Å². The molecule has 0 aliphatic rings. The molecule has 4 N–H and O–H groups in total. The fraction of sp³-hybridized carbons (Fsp3) is 0.667. The number of hydrogen-bond acceptors (Lipinski definition) is 7. The van der Waals surface area contributed by atoms with Gasteiger partial charge in [0.1, 0.15) is 0 Å². The fourth-order valence-corrected chi connectivity index (χ4v) is 2.06. The first-order chi connectivity index (χ1) is 11.1. The summed E-state index contributed by atoms with van der Waals surface area (Å²) in [6, 6.07) is 0.104. The van der Waals surface area contributed by atoms with Crippen molar-refractivity contribution in [2.75, 3.05) is 31.3 Å². The van der Waals surface area contributed by atoms with Gasteiger partial charge in [0.15, 0.2) is 11.6 Å². The van der Waals surface area contributed by atoms with Gasteiger partial charge in [-0.2, -0.15) is 18.5 Å². The van der Waals surface area contributed by atoms with Crippen LogP contribution >= 0.6 is 13.5 Å². The number of ether oxygens (including phenoxy) is 2. The lowest BCUT2D eigenvalue weighted by Crippen LogP contribution is -2.27. The molecule has 0 aliphatic heterocycles. The summed E-state index contributed by atoms with van der Waals surface area (Å²) < 4.78 is 10.4. The zero-order valence-corrected chi connectivity index (χ0v) is 15.6. The molecule has 1 aromatic heterocycles. The van der Waals surface area contributed by atoms with Gasteiger partial charge < -0.3 is 25.8 Å². The smallest absolute Gasteiger partial charge is 0.407 e. The Hall–Kier alpha value is -1.90. The highest BCUT2D eigenvalue weighted by molar-refractivity contribution is 7.59. The molecule has 0 unspecified atom stereocenters. The molecular formula is C15H29N5O3S. The zero-order chi connectivity index (χ0) is 17.1. The Kier molecular flexibility index (Phi) is 11.5. The topological polar surface area (TPSA) is 111 Å². The normalized spacial score (nSPS) is 11.1. The van der Waals surface area contributed by atoms with Crippen molar-refractivity contribution in [1.29, 1.82) is 0 Å². The number of unbranched alkanes of at least 4 members (excludes halogenated alkanes) is 1. The maximum absolute atomic E-state index is 11.3. The fourth-order valence-electron chi connectivity index (χ4n) is 2.06. The summed E-state index contributed by atoms with van der Waals surface area (Å²) >= 11 is 0. The number of nitrogens with zero attached hydrogens (tertiary/aromatic N) is 2. The highest BCUT2D eigenvalue weighted by atomic mass is 32.1. The van der Waals surface area contributed by atoms with Crippen LogP contribution in [-0.2, 0) is 4.74 Å². The summed E-state index contributed by atoms with van der Waals surface area (Å²) in [6.45, 7) is 4.86. The number of nitrogens with one attached hydrogen (secondary N) is 2. The molecule has 0 aromatic carbocycles. The molecule has 0 spiro atoms. The number of nitrogens with two attached hydrogens (primary N) is 1. The molecule has 8 nitrogen and oxygen atoms in total. The van der Waals surface area contributed by atoms with Gasteiger partial charge in [0.05, 0.1) is 19.9 Å². The van der Waals surface area contributed by atoms with Crippen molar-refractivity contribution in [3.63, 3.8) is 0 Å². The van der Waals surface area contributed by atoms with Gasteiger partial charge in [-0.15, -0.1) is 0 Å². The van der Waals surface area contributed by atoms with Crippen LogP contribution in [0.15, 0.2) is 6.20 Å². The van der Waals surface area contributed by atoms with Crippen molar-refractivity contribution in [3.8, 4) is 5.75 Å². The summed E-state index contributed by atoms with van der Waals surface area (Å²) in [4.78, 5) is 19.4. The maximum atomic E-state index is 11.3. The standard InChI is InChI=1S/C15H27N5O3.H2S/c1-4-6-7-11(8-9-23-15(21)17-5-2)19-13-12(22-3)10-18-14(16)20-13;/h10-11H,4-9H2,1-3H3,(H,17,21)(H3,16,18,19,20);1H2/t11-;/m0./s1. The number of alkyl carbamates (subject to hydrolysis) is 1. The van der Waals surface area contributed by atoms with Crippen molar-refractivity contribution >= 4 is 31.4 Å². The van der Waals surface area contributed by atoms with E-state index in [9.17, 15) is 4.79 Å². The van der Waals surface area contributed by atoms with Gasteiger partial charge in [-0.3, -0.25) is 0 Å². The molecule has 0 bridgehead atoms. The van der Waals surface area contributed by atoms with Crippen LogP contribution in [-0.4, -0.2) is 42.4 Å². The van der Waals surface area contributed by atoms with Crippen LogP contribution < -0.4 is 21.1 Å². The van der Waals surface area contributed by atoms with Crippen molar-refractivity contribution in [1.82, 2.24) is 15.3 Å². The molecule has 0 saturated heterocycles. The lowest BCUT2D eigenvalue weighted by molar-refractivity contribution is 0.143. The van der Waals surface area contributed by atoms with E-state index in [2.05, 4.69) is 27.5 Å². The molecule has 138 valence electrons. The number of aromatic nitrogens is 2. The third-order valence-corrected chi connectivity index (χ3v) is 3.26. The third kappa shape index (κ3) is 8.09. The highest BCUT2D eigenvalue weighted by Gasteiger charge is 2.14. The zero-order valence-electron chi connectivity index (χ0n) is 14.6. The second-order valence-corrected chi connectivity index (χ2v) is 5.08. The second kappa shape index (κ2) is 12.5. The number of rotatable bonds is 10. The number of carbonyl (C=O) groups is 1. The lowest BCUT2D eigenvalue weighted by Gasteiger charge is -2.20. The van der Waals surface area contributed by atoms with Crippen LogP contribution in [0.1, 0.15) is 39.5 Å². The van der Waals surface area contributed by atoms with E-state index < -0.39 is 6.09 Å². The molecule has 24 heavy (non-hydrogen) atoms. The second-order valence-electron chi connectivity index (χ2n) is 5.08. The average molecular weight is 359 g/mol. The minimum atomic E-state index is -0.398. The summed E-state index contributed by atoms with van der Waals surface area (Å²) in [5.41, 5.74) is 5.64. The summed E-state index contributed by atoms with van der Waals surface area (Å²) in [6.07, 6.45) is 4.88. The molecule has 9 heteroatoms. The Labute approximate surface area is 150 Å². The average Bonchev–Trinajstić information content (AvgIpc) is 2.53. The molecule has 1 atom stereocenters. The quantitative estimate of drug-likeness (QED) is 0.587. The van der Waals surface area contributed by atoms with Crippen LogP contribution in [0, 0.1) is 0 Å². The Bertz CT molecular complexity index is 490. The molecule has 1 aromatic rings. The Morgan fingerprint density at radius 2 is 2.12 bits per heavy atom. The Balaban J connectivity index is 0.00000529. The van der Waals surface area contributed by atoms with E-state index in [0.717, 1.165) is 19.3 Å². The van der Waals surface area contributed by atoms with Crippen molar-refractivity contribution < 1.29 is 14.3 Å². The molecule has 0 aliphatic carbocycles. The van der Waals surface area contributed by atoms with E-state index in [4.69, 9.17) is 15.2 Å². The van der Waals surface area contributed by atoms with Crippen molar-refractivity contribution in [2.45, 2.75) is 45.6 Å². The molecule has 0 fully saturated rings. The minimum Gasteiger partial charge on any atom is -0.491 e. The van der Waals surface area contributed by atoms with E-state index in [0.29, 0.717) is 31.1 Å². The van der Waals surface area contributed by atoms with E-state index in [1.54, 1.807) is 7.11 Å². The monoisotopic (exact) mass is 359 g/mol. The van der Waals surface area contributed by atoms with Crippen LogP contribution in [0.4, 0.5) is 16.6 Å². The number of nitrogen functional groups attached to an aromatic ring is 1. The first-order valence-electron chi connectivity index (χ1n) is 7.94. The predicted molar refractivity (Wildman–Crippen MR) is 100.0 cm³/mol. The highest BCUT2D eigenvalue weighted by Crippen LogP contribution is 2.23. The van der Waals surface area contributed by atoms with Gasteiger partial charge in [-0.05, 0) is 13.3 Å². The molecule has 0 saturated carbocycles. The van der Waals surface area contributed by atoms with Crippen molar-refractivity contribution in [2.24, 2.45) is 0 Å². The largest absolute Gasteiger partial charge is 0.491 e. The van der Waals surface area contributed by atoms with Crippen LogP contribution in [0.25, 0.3) is 0 Å². The van der Waals surface area contributed by atoms with Gasteiger partial charge in [-0.25, -0.2) is 9.78 Å². The lowest BCUT2D eigenvalue weighted by atomic mass is 10.1. The number of anilines is 2. The number of carbonyl (C=O) groups excluding carboxylic acids is 1. The first kappa shape index (κ1) is 22.1. The maximum Gasteiger partial charge on any atom is 0.407 e. The van der Waals surface area contributed by atoms with E-state index in [-0.39, 0.29) is 25.5 Å². The Morgan fingerprint density at radius 1 is 1.38 bits per heavy atom. The number of amides is 1. The van der Waals surface area contributed by atoms with Gasteiger partial charge in [0.25, 0.3) is 0 Å². The molecule has 1 rings (SSSR count). The summed E-state index contributed by atoms with van der Waals surface area (Å²) in [7, 11) is 1.55. The van der Waals surface area contributed by atoms with Crippen LogP contribution in [0.3, 0.4) is 0 Å². The van der Waals surface area contributed by atoms with Gasteiger partial charge in [-0.1, -0.05) is 19.8 Å². The minimum absolute atomic E-state index is 0. The third-order valence-electron chi connectivity index (χ3n) is 3.26. The summed E-state index contributed by atoms with van der Waals surface area (Å²) in [5, 5.41) is 5.91. The number of hydrogen-bond donors (Lipinski definition) is 3. The SMILES string of the molecule is CCCC[C@@H](CCOC(=O)NCC)Nc1nc(N)ncc1OC.S. The first-order valence-corrected chi connectivity index (χ1v) is 7.94. The Morgan fingerprint density at radius 3 is 2.75 bits per heavy atom. The van der Waals surface area contributed by atoms with Crippen molar-refractivity contribution in [3.05, 3.63) is 6.20 Å². The molecule has 1 amide bonds. The predicted octanol–water partition coefficient (Wildman–Crippen LogP) is 2.29. The number of methoxy groups -OCH3 is 1. The van der Waals surface area contributed by atoms with E-state index in [1.807, 2.05) is 6.92 Å². The van der Waals surface area contributed by atoms with Gasteiger partial charge in [0.2, 0.25) is 5.95 Å². The van der Waals surface area contributed by atoms with Gasteiger partial charge in [0, 0.05) is 19.0 Å². The molecule has 0 radical (unpaired) electrons. The van der Waals surface area contributed by atoms with Crippen LogP contribution in [0.5, 0.6) is 5.75 Å². The molecular weight excluding hydrogens is 330 g/mol. The van der Waals surface area contributed by atoms with E-state index >= 15 is 0 Å².